The molecule has 2 atom stereocenters. The molecule has 4 nitrogen and oxygen atoms in total. The van der Waals surface area contributed by atoms with E-state index in [1.165, 1.54) is 0 Å². The monoisotopic (exact) mass is 249 g/mol. The molecule has 1 saturated carbocycles. The van der Waals surface area contributed by atoms with Gasteiger partial charge in [0.1, 0.15) is 6.61 Å². The normalized spacial score (nSPS) is 23.4. The van der Waals surface area contributed by atoms with Gasteiger partial charge < -0.3 is 15.2 Å². The SMILES string of the molecule is O=C(N[C@@H]1CCCCC1O)OCc1ccccc1. The Morgan fingerprint density at radius 2 is 2.00 bits per heavy atom. The number of rotatable bonds is 3. The van der Waals surface area contributed by atoms with Gasteiger partial charge in [0.25, 0.3) is 0 Å². The van der Waals surface area contributed by atoms with Crippen LogP contribution in [-0.4, -0.2) is 23.3 Å². The number of alkyl carbamates (subject to hydrolysis) is 1. The van der Waals surface area contributed by atoms with Crippen molar-refractivity contribution in [1.29, 1.82) is 0 Å². The minimum absolute atomic E-state index is 0.165. The molecule has 0 aromatic heterocycles. The second-order valence-electron chi connectivity index (χ2n) is 4.66. The van der Waals surface area contributed by atoms with Crippen molar-refractivity contribution >= 4 is 6.09 Å². The molecule has 1 aromatic carbocycles. The third-order valence-corrected chi connectivity index (χ3v) is 3.25. The lowest BCUT2D eigenvalue weighted by Crippen LogP contribution is -2.45. The van der Waals surface area contributed by atoms with E-state index in [0.29, 0.717) is 0 Å². The Bertz CT molecular complexity index is 380. The van der Waals surface area contributed by atoms with E-state index in [1.54, 1.807) is 0 Å². The van der Waals surface area contributed by atoms with Crippen LogP contribution in [0.1, 0.15) is 31.2 Å². The van der Waals surface area contributed by atoms with Crippen LogP contribution in [-0.2, 0) is 11.3 Å². The number of benzene rings is 1. The number of carbonyl (C=O) groups is 1. The summed E-state index contributed by atoms with van der Waals surface area (Å²) >= 11 is 0. The molecule has 0 spiro atoms. The van der Waals surface area contributed by atoms with Gasteiger partial charge in [-0.1, -0.05) is 43.2 Å². The van der Waals surface area contributed by atoms with E-state index in [2.05, 4.69) is 5.32 Å². The van der Waals surface area contributed by atoms with Crippen molar-refractivity contribution in [2.75, 3.05) is 0 Å². The molecule has 1 aromatic rings. The smallest absolute Gasteiger partial charge is 0.407 e. The highest BCUT2D eigenvalue weighted by Crippen LogP contribution is 2.18. The molecule has 98 valence electrons. The van der Waals surface area contributed by atoms with Gasteiger partial charge in [-0.3, -0.25) is 0 Å². The topological polar surface area (TPSA) is 58.6 Å². The molecule has 1 fully saturated rings. The number of nitrogens with one attached hydrogen (secondary N) is 1. The maximum absolute atomic E-state index is 11.6. The fraction of sp³-hybridized carbons (Fsp3) is 0.500. The zero-order valence-electron chi connectivity index (χ0n) is 10.3. The van der Waals surface area contributed by atoms with Gasteiger partial charge in [-0.05, 0) is 18.4 Å². The first-order chi connectivity index (χ1) is 8.75. The minimum atomic E-state index is -0.454. The number of hydrogen-bond donors (Lipinski definition) is 2. The number of carbonyl (C=O) groups excluding carboxylic acids is 1. The molecule has 1 unspecified atom stereocenters. The standard InChI is InChI=1S/C14H19NO3/c16-13-9-5-4-8-12(13)15-14(17)18-10-11-6-2-1-3-7-11/h1-3,6-7,12-13,16H,4-5,8-10H2,(H,15,17)/t12-,13?/m1/s1. The summed E-state index contributed by atoms with van der Waals surface area (Å²) in [6.07, 6.45) is 2.75. The summed E-state index contributed by atoms with van der Waals surface area (Å²) in [7, 11) is 0. The molecule has 1 aliphatic carbocycles. The molecule has 1 aliphatic rings. The Hall–Kier alpha value is -1.55. The van der Waals surface area contributed by atoms with Crippen molar-refractivity contribution in [2.45, 2.75) is 44.4 Å². The van der Waals surface area contributed by atoms with E-state index in [-0.39, 0.29) is 12.6 Å². The maximum atomic E-state index is 11.6. The summed E-state index contributed by atoms with van der Waals surface area (Å²) in [6.45, 7) is 0.259. The summed E-state index contributed by atoms with van der Waals surface area (Å²) in [5.74, 6) is 0. The molecule has 0 radical (unpaired) electrons. The van der Waals surface area contributed by atoms with Crippen LogP contribution in [0.5, 0.6) is 0 Å². The number of amides is 1. The lowest BCUT2D eigenvalue weighted by molar-refractivity contribution is 0.0781. The Labute approximate surface area is 107 Å². The number of aliphatic hydroxyl groups is 1. The van der Waals surface area contributed by atoms with Gasteiger partial charge in [-0.2, -0.15) is 0 Å². The van der Waals surface area contributed by atoms with Crippen molar-refractivity contribution < 1.29 is 14.6 Å². The van der Waals surface area contributed by atoms with Crippen molar-refractivity contribution in [1.82, 2.24) is 5.32 Å². The first kappa shape index (κ1) is 12.9. The largest absolute Gasteiger partial charge is 0.445 e. The highest BCUT2D eigenvalue weighted by molar-refractivity contribution is 5.67. The Morgan fingerprint density at radius 3 is 2.72 bits per heavy atom. The molecule has 2 N–H and O–H groups in total. The summed E-state index contributed by atoms with van der Waals surface area (Å²) in [4.78, 5) is 11.6. The average molecular weight is 249 g/mol. The van der Waals surface area contributed by atoms with Crippen molar-refractivity contribution in [3.63, 3.8) is 0 Å². The quantitative estimate of drug-likeness (QED) is 0.863. The number of hydrogen-bond acceptors (Lipinski definition) is 3. The van der Waals surface area contributed by atoms with Crippen LogP contribution in [0.25, 0.3) is 0 Å². The first-order valence-electron chi connectivity index (χ1n) is 6.41. The lowest BCUT2D eigenvalue weighted by atomic mass is 9.93. The van der Waals surface area contributed by atoms with Gasteiger partial charge in [0.2, 0.25) is 0 Å². The van der Waals surface area contributed by atoms with Gasteiger partial charge in [0, 0.05) is 0 Å². The third-order valence-electron chi connectivity index (χ3n) is 3.25. The van der Waals surface area contributed by atoms with E-state index in [0.717, 1.165) is 31.2 Å². The Kier molecular flexibility index (Phi) is 4.59. The summed E-state index contributed by atoms with van der Waals surface area (Å²) in [6, 6.07) is 9.37. The Balaban J connectivity index is 1.75. The molecule has 0 heterocycles. The molecule has 0 saturated heterocycles. The fourth-order valence-corrected chi connectivity index (χ4v) is 2.20. The van der Waals surface area contributed by atoms with E-state index in [9.17, 15) is 9.90 Å². The summed E-state index contributed by atoms with van der Waals surface area (Å²) in [5, 5.41) is 12.5. The maximum Gasteiger partial charge on any atom is 0.407 e. The number of aliphatic hydroxyl groups excluding tert-OH is 1. The van der Waals surface area contributed by atoms with Crippen LogP contribution >= 0.6 is 0 Å². The van der Waals surface area contributed by atoms with Crippen molar-refractivity contribution in [3.05, 3.63) is 35.9 Å². The van der Waals surface area contributed by atoms with E-state index in [1.807, 2.05) is 30.3 Å². The molecule has 0 aliphatic heterocycles. The predicted octanol–water partition coefficient (Wildman–Crippen LogP) is 2.22. The third kappa shape index (κ3) is 3.74. The Morgan fingerprint density at radius 1 is 1.28 bits per heavy atom. The van der Waals surface area contributed by atoms with Crippen LogP contribution in [0.3, 0.4) is 0 Å². The van der Waals surface area contributed by atoms with Crippen molar-refractivity contribution in [3.8, 4) is 0 Å². The second kappa shape index (κ2) is 6.40. The van der Waals surface area contributed by atoms with Crippen LogP contribution in [0.2, 0.25) is 0 Å². The van der Waals surface area contributed by atoms with Crippen LogP contribution in [0.15, 0.2) is 30.3 Å². The van der Waals surface area contributed by atoms with Gasteiger partial charge >= 0.3 is 6.09 Å². The van der Waals surface area contributed by atoms with Gasteiger partial charge in [0.15, 0.2) is 0 Å². The molecule has 4 heteroatoms. The minimum Gasteiger partial charge on any atom is -0.445 e. The number of ether oxygens (including phenoxy) is 1. The predicted molar refractivity (Wildman–Crippen MR) is 68.0 cm³/mol. The van der Waals surface area contributed by atoms with E-state index in [4.69, 9.17) is 4.74 Å². The molecule has 18 heavy (non-hydrogen) atoms. The fourth-order valence-electron chi connectivity index (χ4n) is 2.20. The second-order valence-corrected chi connectivity index (χ2v) is 4.66. The zero-order chi connectivity index (χ0) is 12.8. The van der Waals surface area contributed by atoms with Gasteiger partial charge in [-0.25, -0.2) is 4.79 Å². The molecule has 1 amide bonds. The molecule has 2 rings (SSSR count). The summed E-state index contributed by atoms with van der Waals surface area (Å²) < 4.78 is 5.12. The highest BCUT2D eigenvalue weighted by Gasteiger charge is 2.24. The highest BCUT2D eigenvalue weighted by atomic mass is 16.5. The molecule has 0 bridgehead atoms. The van der Waals surface area contributed by atoms with Crippen LogP contribution in [0.4, 0.5) is 4.79 Å². The first-order valence-corrected chi connectivity index (χ1v) is 6.41. The van der Waals surface area contributed by atoms with Crippen LogP contribution < -0.4 is 5.32 Å². The van der Waals surface area contributed by atoms with Crippen LogP contribution in [0, 0.1) is 0 Å². The zero-order valence-corrected chi connectivity index (χ0v) is 10.3. The average Bonchev–Trinajstić information content (AvgIpc) is 2.40. The molecular formula is C14H19NO3. The van der Waals surface area contributed by atoms with Gasteiger partial charge in [0.05, 0.1) is 12.1 Å². The molecular weight excluding hydrogens is 230 g/mol. The lowest BCUT2D eigenvalue weighted by Gasteiger charge is -2.27. The van der Waals surface area contributed by atoms with E-state index >= 15 is 0 Å². The summed E-state index contributed by atoms with van der Waals surface area (Å²) in [5.41, 5.74) is 0.955. The van der Waals surface area contributed by atoms with E-state index < -0.39 is 12.2 Å². The van der Waals surface area contributed by atoms with Crippen molar-refractivity contribution in [2.24, 2.45) is 0 Å². The van der Waals surface area contributed by atoms with Gasteiger partial charge in [-0.15, -0.1) is 0 Å².